The first-order chi connectivity index (χ1) is 6.24. The predicted octanol–water partition coefficient (Wildman–Crippen LogP) is 2.07. The molecule has 2 atom stereocenters. The fourth-order valence-corrected chi connectivity index (χ4v) is 0.914. The second-order valence-corrected chi connectivity index (χ2v) is 2.78. The zero-order chi connectivity index (χ0) is 10.1. The molecule has 1 N–H and O–H groups in total. The zero-order valence-corrected chi connectivity index (χ0v) is 7.98. The van der Waals surface area contributed by atoms with Gasteiger partial charge in [-0.15, -0.1) is 19.7 Å². The highest BCUT2D eigenvalue weighted by atomic mass is 16.5. The van der Waals surface area contributed by atoms with Crippen LogP contribution in [0.25, 0.3) is 0 Å². The lowest BCUT2D eigenvalue weighted by molar-refractivity contribution is 0.0895. The molecule has 0 aliphatic rings. The van der Waals surface area contributed by atoms with Gasteiger partial charge in [0.25, 0.3) is 0 Å². The molecule has 0 aliphatic carbocycles. The van der Waals surface area contributed by atoms with E-state index in [0.29, 0.717) is 13.0 Å². The number of aliphatic hydroxyl groups excluding tert-OH is 1. The van der Waals surface area contributed by atoms with Crippen LogP contribution in [-0.2, 0) is 4.74 Å². The molecule has 0 aromatic carbocycles. The Morgan fingerprint density at radius 1 is 1.15 bits per heavy atom. The molecule has 0 saturated carbocycles. The summed E-state index contributed by atoms with van der Waals surface area (Å²) in [4.78, 5) is 0. The van der Waals surface area contributed by atoms with E-state index < -0.39 is 6.10 Å². The van der Waals surface area contributed by atoms with E-state index in [4.69, 9.17) is 4.74 Å². The molecule has 0 bridgehead atoms. The van der Waals surface area contributed by atoms with E-state index in [2.05, 4.69) is 19.7 Å². The Morgan fingerprint density at radius 2 is 1.85 bits per heavy atom. The quantitative estimate of drug-likeness (QED) is 0.582. The summed E-state index contributed by atoms with van der Waals surface area (Å²) in [7, 11) is 0. The summed E-state index contributed by atoms with van der Waals surface area (Å²) >= 11 is 0. The molecule has 0 aliphatic heterocycles. The molecule has 74 valence electrons. The Kier molecular flexibility index (Phi) is 7.26. The highest BCUT2D eigenvalue weighted by Gasteiger charge is 2.05. The molecular weight excluding hydrogens is 164 g/mol. The van der Waals surface area contributed by atoms with Crippen LogP contribution >= 0.6 is 0 Å². The molecule has 0 aromatic rings. The minimum absolute atomic E-state index is 0.00685. The minimum atomic E-state index is -0.449. The summed E-state index contributed by atoms with van der Waals surface area (Å²) in [5.41, 5.74) is 0. The van der Waals surface area contributed by atoms with Crippen LogP contribution in [0.4, 0.5) is 0 Å². The van der Waals surface area contributed by atoms with Crippen molar-refractivity contribution in [2.75, 3.05) is 6.61 Å². The van der Waals surface area contributed by atoms with Gasteiger partial charge in [-0.2, -0.15) is 0 Å². The number of hydrogen-bond donors (Lipinski definition) is 1. The fourth-order valence-electron chi connectivity index (χ4n) is 0.914. The lowest BCUT2D eigenvalue weighted by Gasteiger charge is -2.13. The van der Waals surface area contributed by atoms with E-state index in [0.717, 1.165) is 6.42 Å². The van der Waals surface area contributed by atoms with Crippen LogP contribution in [0.1, 0.15) is 12.8 Å². The molecule has 0 radical (unpaired) electrons. The van der Waals surface area contributed by atoms with E-state index in [1.54, 1.807) is 12.2 Å². The fraction of sp³-hybridized carbons (Fsp3) is 0.455. The lowest BCUT2D eigenvalue weighted by Crippen LogP contribution is -2.13. The first-order valence-corrected chi connectivity index (χ1v) is 4.40. The summed E-state index contributed by atoms with van der Waals surface area (Å²) in [6, 6.07) is 0. The summed E-state index contributed by atoms with van der Waals surface area (Å²) in [5.74, 6) is 0. The molecule has 0 heterocycles. The highest BCUT2D eigenvalue weighted by Crippen LogP contribution is 2.06. The monoisotopic (exact) mass is 182 g/mol. The SMILES string of the molecule is C=CCOC(C=C)CCC(O)C=C. The topological polar surface area (TPSA) is 29.5 Å². The van der Waals surface area contributed by atoms with Gasteiger partial charge in [0.1, 0.15) is 0 Å². The third-order valence-corrected chi connectivity index (χ3v) is 1.71. The van der Waals surface area contributed by atoms with Crippen LogP contribution in [-0.4, -0.2) is 23.9 Å². The Balaban J connectivity index is 3.64. The van der Waals surface area contributed by atoms with Gasteiger partial charge in [0.05, 0.1) is 18.8 Å². The second-order valence-electron chi connectivity index (χ2n) is 2.78. The molecule has 0 rings (SSSR count). The Morgan fingerprint density at radius 3 is 2.31 bits per heavy atom. The van der Waals surface area contributed by atoms with Crippen LogP contribution in [0.15, 0.2) is 38.0 Å². The number of ether oxygens (including phenoxy) is 1. The van der Waals surface area contributed by atoms with E-state index in [-0.39, 0.29) is 6.10 Å². The zero-order valence-electron chi connectivity index (χ0n) is 7.98. The predicted molar refractivity (Wildman–Crippen MR) is 55.6 cm³/mol. The van der Waals surface area contributed by atoms with Gasteiger partial charge >= 0.3 is 0 Å². The van der Waals surface area contributed by atoms with Gasteiger partial charge < -0.3 is 9.84 Å². The van der Waals surface area contributed by atoms with Crippen molar-refractivity contribution in [3.63, 3.8) is 0 Å². The van der Waals surface area contributed by atoms with Gasteiger partial charge in [0, 0.05) is 0 Å². The molecule has 2 unspecified atom stereocenters. The van der Waals surface area contributed by atoms with Crippen molar-refractivity contribution < 1.29 is 9.84 Å². The van der Waals surface area contributed by atoms with Crippen molar-refractivity contribution in [1.29, 1.82) is 0 Å². The summed E-state index contributed by atoms with van der Waals surface area (Å²) < 4.78 is 5.35. The average molecular weight is 182 g/mol. The van der Waals surface area contributed by atoms with Crippen LogP contribution in [0.5, 0.6) is 0 Å². The van der Waals surface area contributed by atoms with Gasteiger partial charge in [-0.05, 0) is 12.8 Å². The number of aliphatic hydroxyl groups is 1. The molecule has 0 fully saturated rings. The van der Waals surface area contributed by atoms with Crippen molar-refractivity contribution in [1.82, 2.24) is 0 Å². The first kappa shape index (κ1) is 12.1. The largest absolute Gasteiger partial charge is 0.389 e. The molecule has 2 nitrogen and oxygen atoms in total. The van der Waals surface area contributed by atoms with Crippen molar-refractivity contribution in [2.24, 2.45) is 0 Å². The maximum Gasteiger partial charge on any atom is 0.0758 e. The van der Waals surface area contributed by atoms with Gasteiger partial charge in [0.2, 0.25) is 0 Å². The van der Waals surface area contributed by atoms with Crippen LogP contribution in [0.3, 0.4) is 0 Å². The van der Waals surface area contributed by atoms with Crippen LogP contribution < -0.4 is 0 Å². The summed E-state index contributed by atoms with van der Waals surface area (Å²) in [5, 5.41) is 9.20. The molecule has 0 saturated heterocycles. The van der Waals surface area contributed by atoms with Crippen molar-refractivity contribution in [2.45, 2.75) is 25.0 Å². The standard InChI is InChI=1S/C11H18O2/c1-4-9-13-11(6-3)8-7-10(12)5-2/h4-6,10-12H,1-3,7-9H2. The van der Waals surface area contributed by atoms with Crippen molar-refractivity contribution in [3.8, 4) is 0 Å². The average Bonchev–Trinajstić information content (AvgIpc) is 2.17. The maximum atomic E-state index is 9.20. The van der Waals surface area contributed by atoms with Gasteiger partial charge in [-0.1, -0.05) is 18.2 Å². The molecular formula is C11H18O2. The normalized spacial score (nSPS) is 14.5. The Bertz CT molecular complexity index is 163. The molecule has 2 heteroatoms. The number of hydrogen-bond acceptors (Lipinski definition) is 2. The van der Waals surface area contributed by atoms with Gasteiger partial charge in [-0.3, -0.25) is 0 Å². The van der Waals surface area contributed by atoms with Crippen molar-refractivity contribution >= 4 is 0 Å². The minimum Gasteiger partial charge on any atom is -0.389 e. The molecule has 0 spiro atoms. The molecule has 0 aromatic heterocycles. The Hall–Kier alpha value is -0.860. The van der Waals surface area contributed by atoms with Crippen LogP contribution in [0.2, 0.25) is 0 Å². The van der Waals surface area contributed by atoms with E-state index in [1.165, 1.54) is 6.08 Å². The third-order valence-electron chi connectivity index (χ3n) is 1.71. The smallest absolute Gasteiger partial charge is 0.0758 e. The second kappa shape index (κ2) is 7.77. The van der Waals surface area contributed by atoms with E-state index >= 15 is 0 Å². The first-order valence-electron chi connectivity index (χ1n) is 4.40. The molecule has 0 amide bonds. The molecule has 13 heavy (non-hydrogen) atoms. The van der Waals surface area contributed by atoms with E-state index in [1.807, 2.05) is 0 Å². The maximum absolute atomic E-state index is 9.20. The summed E-state index contributed by atoms with van der Waals surface area (Å²) in [6.07, 6.45) is 5.90. The van der Waals surface area contributed by atoms with Crippen molar-refractivity contribution in [3.05, 3.63) is 38.0 Å². The van der Waals surface area contributed by atoms with E-state index in [9.17, 15) is 5.11 Å². The van der Waals surface area contributed by atoms with Gasteiger partial charge in [-0.25, -0.2) is 0 Å². The van der Waals surface area contributed by atoms with Gasteiger partial charge in [0.15, 0.2) is 0 Å². The van der Waals surface area contributed by atoms with Crippen LogP contribution in [0, 0.1) is 0 Å². The third kappa shape index (κ3) is 6.31. The highest BCUT2D eigenvalue weighted by molar-refractivity contribution is 4.85. The number of rotatable bonds is 8. The Labute approximate surface area is 80.2 Å². The lowest BCUT2D eigenvalue weighted by atomic mass is 10.1. The summed E-state index contributed by atoms with van der Waals surface area (Å²) in [6.45, 7) is 11.2.